The van der Waals surface area contributed by atoms with Crippen molar-refractivity contribution in [3.8, 4) is 0 Å². The number of benzene rings is 2. The Morgan fingerprint density at radius 1 is 1.19 bits per heavy atom. The number of carbonyl (C=O) groups is 2. The van der Waals surface area contributed by atoms with Crippen molar-refractivity contribution in [3.63, 3.8) is 0 Å². The SMILES string of the molecule is CNC(=O)[C@H](C)N(Cc1cccc(C)c1)C(=O)CCSc1ccc(Cl)cc1. The van der Waals surface area contributed by atoms with Crippen LogP contribution in [0.2, 0.25) is 5.02 Å². The van der Waals surface area contributed by atoms with Gasteiger partial charge < -0.3 is 10.2 Å². The van der Waals surface area contributed by atoms with Crippen molar-refractivity contribution < 1.29 is 9.59 Å². The lowest BCUT2D eigenvalue weighted by Crippen LogP contribution is -2.46. The van der Waals surface area contributed by atoms with Gasteiger partial charge in [-0.15, -0.1) is 11.8 Å². The molecule has 144 valence electrons. The summed E-state index contributed by atoms with van der Waals surface area (Å²) in [4.78, 5) is 27.7. The topological polar surface area (TPSA) is 49.4 Å². The summed E-state index contributed by atoms with van der Waals surface area (Å²) in [7, 11) is 1.59. The molecule has 0 bridgehead atoms. The van der Waals surface area contributed by atoms with E-state index >= 15 is 0 Å². The van der Waals surface area contributed by atoms with Gasteiger partial charge in [-0.25, -0.2) is 0 Å². The van der Waals surface area contributed by atoms with Gasteiger partial charge in [-0.1, -0.05) is 41.4 Å². The van der Waals surface area contributed by atoms with E-state index in [2.05, 4.69) is 5.32 Å². The lowest BCUT2D eigenvalue weighted by atomic mass is 10.1. The van der Waals surface area contributed by atoms with Crippen LogP contribution < -0.4 is 5.32 Å². The first-order chi connectivity index (χ1) is 12.9. The van der Waals surface area contributed by atoms with Crippen LogP contribution in [0.15, 0.2) is 53.4 Å². The fourth-order valence-electron chi connectivity index (χ4n) is 2.73. The Bertz CT molecular complexity index is 780. The third-order valence-corrected chi connectivity index (χ3v) is 5.51. The van der Waals surface area contributed by atoms with Crippen LogP contribution >= 0.6 is 23.4 Å². The molecule has 1 N–H and O–H groups in total. The fraction of sp³-hybridized carbons (Fsp3) is 0.333. The normalized spacial score (nSPS) is 11.7. The molecule has 0 heterocycles. The van der Waals surface area contributed by atoms with Crippen LogP contribution in [0, 0.1) is 6.92 Å². The number of nitrogens with zero attached hydrogens (tertiary/aromatic N) is 1. The van der Waals surface area contributed by atoms with E-state index in [1.54, 1.807) is 30.6 Å². The Labute approximate surface area is 170 Å². The second-order valence-electron chi connectivity index (χ2n) is 6.35. The Balaban J connectivity index is 2.03. The number of hydrogen-bond acceptors (Lipinski definition) is 3. The minimum atomic E-state index is -0.524. The second kappa shape index (κ2) is 10.4. The Morgan fingerprint density at radius 2 is 1.89 bits per heavy atom. The average molecular weight is 405 g/mol. The minimum absolute atomic E-state index is 0.0333. The highest BCUT2D eigenvalue weighted by molar-refractivity contribution is 7.99. The highest BCUT2D eigenvalue weighted by Crippen LogP contribution is 2.22. The van der Waals surface area contributed by atoms with Crippen molar-refractivity contribution >= 4 is 35.2 Å². The van der Waals surface area contributed by atoms with Gasteiger partial charge in [-0.05, 0) is 43.7 Å². The highest BCUT2D eigenvalue weighted by atomic mass is 35.5. The zero-order valence-corrected chi connectivity index (χ0v) is 17.4. The van der Waals surface area contributed by atoms with E-state index in [0.29, 0.717) is 23.7 Å². The van der Waals surface area contributed by atoms with Crippen molar-refractivity contribution in [1.82, 2.24) is 10.2 Å². The van der Waals surface area contributed by atoms with Crippen molar-refractivity contribution in [2.75, 3.05) is 12.8 Å². The van der Waals surface area contributed by atoms with E-state index in [-0.39, 0.29) is 11.8 Å². The molecule has 0 aromatic heterocycles. The lowest BCUT2D eigenvalue weighted by molar-refractivity contribution is -0.140. The molecule has 2 amide bonds. The first-order valence-corrected chi connectivity index (χ1v) is 10.2. The maximum absolute atomic E-state index is 12.9. The summed E-state index contributed by atoms with van der Waals surface area (Å²) in [5, 5.41) is 3.33. The van der Waals surface area contributed by atoms with Gasteiger partial charge in [-0.2, -0.15) is 0 Å². The van der Waals surface area contributed by atoms with Crippen LogP contribution in [-0.4, -0.2) is 35.6 Å². The van der Waals surface area contributed by atoms with Crippen molar-refractivity contribution in [2.45, 2.75) is 37.8 Å². The lowest BCUT2D eigenvalue weighted by Gasteiger charge is -2.28. The molecule has 2 rings (SSSR count). The van der Waals surface area contributed by atoms with E-state index in [9.17, 15) is 9.59 Å². The van der Waals surface area contributed by atoms with Crippen molar-refractivity contribution in [1.29, 1.82) is 0 Å². The predicted octanol–water partition coefficient (Wildman–Crippen LogP) is 4.29. The van der Waals surface area contributed by atoms with Gasteiger partial charge in [0.1, 0.15) is 6.04 Å². The molecule has 2 aromatic rings. The smallest absolute Gasteiger partial charge is 0.242 e. The van der Waals surface area contributed by atoms with Crippen molar-refractivity contribution in [2.24, 2.45) is 0 Å². The molecule has 0 aliphatic rings. The molecule has 0 unspecified atom stereocenters. The molecule has 2 aromatic carbocycles. The monoisotopic (exact) mass is 404 g/mol. The fourth-order valence-corrected chi connectivity index (χ4v) is 3.70. The summed E-state index contributed by atoms with van der Waals surface area (Å²) < 4.78 is 0. The summed E-state index contributed by atoms with van der Waals surface area (Å²) >= 11 is 7.50. The molecule has 27 heavy (non-hydrogen) atoms. The van der Waals surface area contributed by atoms with E-state index < -0.39 is 6.04 Å². The third-order valence-electron chi connectivity index (χ3n) is 4.25. The molecule has 0 saturated heterocycles. The molecule has 4 nitrogen and oxygen atoms in total. The number of rotatable bonds is 8. The Hall–Kier alpha value is -1.98. The standard InChI is InChI=1S/C21H25ClN2O2S/c1-15-5-4-6-17(13-15)14-24(16(2)21(26)23-3)20(25)11-12-27-19-9-7-18(22)8-10-19/h4-10,13,16H,11-12,14H2,1-3H3,(H,23,26)/t16-/m0/s1. The third kappa shape index (κ3) is 6.60. The number of amides is 2. The van der Waals surface area contributed by atoms with E-state index in [1.165, 1.54) is 0 Å². The van der Waals surface area contributed by atoms with Gasteiger partial charge in [0.15, 0.2) is 0 Å². The quantitative estimate of drug-likeness (QED) is 0.667. The molecule has 0 aliphatic heterocycles. The molecule has 6 heteroatoms. The Morgan fingerprint density at radius 3 is 2.52 bits per heavy atom. The molecular weight excluding hydrogens is 380 g/mol. The number of halogens is 1. The average Bonchev–Trinajstić information content (AvgIpc) is 2.66. The van der Waals surface area contributed by atoms with E-state index in [4.69, 9.17) is 11.6 Å². The Kier molecular flexibility index (Phi) is 8.20. The molecular formula is C21H25ClN2O2S. The second-order valence-corrected chi connectivity index (χ2v) is 7.96. The number of hydrogen-bond donors (Lipinski definition) is 1. The summed E-state index contributed by atoms with van der Waals surface area (Å²) in [5.74, 6) is 0.445. The van der Waals surface area contributed by atoms with Crippen LogP contribution in [0.3, 0.4) is 0 Å². The number of carbonyl (C=O) groups excluding carboxylic acids is 2. The first kappa shape index (κ1) is 21.3. The summed E-state index contributed by atoms with van der Waals surface area (Å²) in [5.41, 5.74) is 2.15. The van der Waals surface area contributed by atoms with Gasteiger partial charge in [0.2, 0.25) is 11.8 Å². The van der Waals surface area contributed by atoms with Crippen LogP contribution in [0.4, 0.5) is 0 Å². The van der Waals surface area contributed by atoms with Gasteiger partial charge in [-0.3, -0.25) is 9.59 Å². The van der Waals surface area contributed by atoms with Gasteiger partial charge in [0.25, 0.3) is 0 Å². The molecule has 0 fully saturated rings. The molecule has 1 atom stereocenters. The van der Waals surface area contributed by atoms with Gasteiger partial charge in [0, 0.05) is 35.7 Å². The zero-order chi connectivity index (χ0) is 19.8. The predicted molar refractivity (Wildman–Crippen MR) is 112 cm³/mol. The molecule has 0 spiro atoms. The van der Waals surface area contributed by atoms with Gasteiger partial charge in [0.05, 0.1) is 0 Å². The minimum Gasteiger partial charge on any atom is -0.357 e. The summed E-state index contributed by atoms with van der Waals surface area (Å²) in [6.45, 7) is 4.19. The molecule has 0 radical (unpaired) electrons. The highest BCUT2D eigenvalue weighted by Gasteiger charge is 2.25. The maximum atomic E-state index is 12.9. The van der Waals surface area contributed by atoms with Crippen LogP contribution in [0.1, 0.15) is 24.5 Å². The van der Waals surface area contributed by atoms with Crippen LogP contribution in [0.5, 0.6) is 0 Å². The van der Waals surface area contributed by atoms with Gasteiger partial charge >= 0.3 is 0 Å². The van der Waals surface area contributed by atoms with Crippen molar-refractivity contribution in [3.05, 3.63) is 64.7 Å². The maximum Gasteiger partial charge on any atom is 0.242 e. The van der Waals surface area contributed by atoms with E-state index in [1.807, 2.05) is 55.5 Å². The summed E-state index contributed by atoms with van der Waals surface area (Å²) in [6, 6.07) is 15.0. The van der Waals surface area contributed by atoms with E-state index in [0.717, 1.165) is 16.0 Å². The summed E-state index contributed by atoms with van der Waals surface area (Å²) in [6.07, 6.45) is 0.362. The number of nitrogens with one attached hydrogen (secondary N) is 1. The van der Waals surface area contributed by atoms with Crippen LogP contribution in [0.25, 0.3) is 0 Å². The molecule has 0 saturated carbocycles. The first-order valence-electron chi connectivity index (χ1n) is 8.85. The number of aryl methyl sites for hydroxylation is 1. The molecule has 0 aliphatic carbocycles. The zero-order valence-electron chi connectivity index (χ0n) is 15.9. The van der Waals surface area contributed by atoms with Crippen LogP contribution in [-0.2, 0) is 16.1 Å². The number of likely N-dealkylation sites (N-methyl/N-ethyl adjacent to an activating group) is 1. The number of thioether (sulfide) groups is 1. The largest absolute Gasteiger partial charge is 0.357 e.